The van der Waals surface area contributed by atoms with E-state index in [0.717, 1.165) is 12.5 Å². The second-order valence-corrected chi connectivity index (χ2v) is 6.08. The second-order valence-electron chi connectivity index (χ2n) is 6.08. The first-order valence-corrected chi connectivity index (χ1v) is 8.65. The monoisotopic (exact) mass is 362 g/mol. The quantitative estimate of drug-likeness (QED) is 0.557. The molecule has 6 nitrogen and oxygen atoms in total. The summed E-state index contributed by atoms with van der Waals surface area (Å²) in [7, 11) is 3.96. The van der Waals surface area contributed by atoms with Crippen LogP contribution in [0.25, 0.3) is 0 Å². The molecular weight excluding hydrogens is 335 g/mol. The molecule has 2 aromatic rings. The van der Waals surface area contributed by atoms with Gasteiger partial charge in [-0.1, -0.05) is 0 Å². The molecule has 1 unspecified atom stereocenters. The fraction of sp³-hybridized carbons (Fsp3) is 0.421. The van der Waals surface area contributed by atoms with Gasteiger partial charge in [-0.15, -0.1) is 0 Å². The first-order valence-electron chi connectivity index (χ1n) is 8.65. The van der Waals surface area contributed by atoms with Crippen molar-refractivity contribution in [2.24, 2.45) is 12.0 Å². The van der Waals surface area contributed by atoms with Crippen LogP contribution in [0.1, 0.15) is 12.6 Å². The van der Waals surface area contributed by atoms with Crippen LogP contribution in [0.3, 0.4) is 0 Å². The van der Waals surface area contributed by atoms with Crippen LogP contribution in [0, 0.1) is 5.82 Å². The SMILES string of the molecule is CCNC(=NCC(O)COc1ccc(F)cc1)N(C)Cc1cccn1C. The van der Waals surface area contributed by atoms with Gasteiger partial charge in [0.25, 0.3) is 0 Å². The minimum atomic E-state index is -0.753. The average Bonchev–Trinajstić information content (AvgIpc) is 3.02. The molecule has 0 aliphatic carbocycles. The fourth-order valence-electron chi connectivity index (χ4n) is 2.42. The lowest BCUT2D eigenvalue weighted by Gasteiger charge is -2.23. The number of aliphatic hydroxyl groups excluding tert-OH is 1. The predicted molar refractivity (Wildman–Crippen MR) is 101 cm³/mol. The van der Waals surface area contributed by atoms with Gasteiger partial charge < -0.3 is 24.6 Å². The number of hydrogen-bond acceptors (Lipinski definition) is 3. The number of aliphatic imine (C=N–C) groups is 1. The number of benzene rings is 1. The van der Waals surface area contributed by atoms with Crippen LogP contribution in [0.2, 0.25) is 0 Å². The zero-order valence-electron chi connectivity index (χ0n) is 15.5. The van der Waals surface area contributed by atoms with E-state index in [9.17, 15) is 9.50 Å². The number of halogens is 1. The van der Waals surface area contributed by atoms with Crippen molar-refractivity contribution in [1.82, 2.24) is 14.8 Å². The van der Waals surface area contributed by atoms with Crippen molar-refractivity contribution in [2.75, 3.05) is 26.7 Å². The van der Waals surface area contributed by atoms with Gasteiger partial charge in [-0.2, -0.15) is 0 Å². The van der Waals surface area contributed by atoms with Gasteiger partial charge in [0.1, 0.15) is 24.3 Å². The van der Waals surface area contributed by atoms with E-state index < -0.39 is 6.10 Å². The molecule has 7 heteroatoms. The van der Waals surface area contributed by atoms with Gasteiger partial charge >= 0.3 is 0 Å². The molecule has 1 aromatic carbocycles. The van der Waals surface area contributed by atoms with Crippen molar-refractivity contribution < 1.29 is 14.2 Å². The van der Waals surface area contributed by atoms with E-state index in [-0.39, 0.29) is 19.0 Å². The lowest BCUT2D eigenvalue weighted by molar-refractivity contribution is 0.114. The molecule has 2 N–H and O–H groups in total. The molecule has 26 heavy (non-hydrogen) atoms. The van der Waals surface area contributed by atoms with Crippen LogP contribution in [0.5, 0.6) is 5.75 Å². The minimum Gasteiger partial charge on any atom is -0.491 e. The van der Waals surface area contributed by atoms with Crippen molar-refractivity contribution in [3.05, 3.63) is 54.1 Å². The summed E-state index contributed by atoms with van der Waals surface area (Å²) in [6.07, 6.45) is 1.25. The van der Waals surface area contributed by atoms with Gasteiger partial charge in [-0.25, -0.2) is 4.39 Å². The number of hydrogen-bond donors (Lipinski definition) is 2. The highest BCUT2D eigenvalue weighted by molar-refractivity contribution is 5.79. The van der Waals surface area contributed by atoms with Gasteiger partial charge in [0.2, 0.25) is 0 Å². The molecule has 1 atom stereocenters. The van der Waals surface area contributed by atoms with Crippen LogP contribution < -0.4 is 10.1 Å². The van der Waals surface area contributed by atoms with Gasteiger partial charge in [-0.3, -0.25) is 4.99 Å². The summed E-state index contributed by atoms with van der Waals surface area (Å²) in [5, 5.41) is 13.3. The van der Waals surface area contributed by atoms with Crippen molar-refractivity contribution in [3.8, 4) is 5.75 Å². The molecule has 0 saturated heterocycles. The third kappa shape index (κ3) is 6.07. The minimum absolute atomic E-state index is 0.0933. The van der Waals surface area contributed by atoms with Crippen molar-refractivity contribution in [1.29, 1.82) is 0 Å². The lowest BCUT2D eigenvalue weighted by Crippen LogP contribution is -2.39. The number of aromatic nitrogens is 1. The standard InChI is InChI=1S/C19H27FN4O2/c1-4-21-19(24(3)13-16-6-5-11-23(16)2)22-12-17(25)14-26-18-9-7-15(20)8-10-18/h5-11,17,25H,4,12-14H2,1-3H3,(H,21,22). The van der Waals surface area contributed by atoms with E-state index in [4.69, 9.17) is 4.74 Å². The molecule has 142 valence electrons. The van der Waals surface area contributed by atoms with Gasteiger partial charge in [0.05, 0.1) is 13.1 Å². The Kier molecular flexibility index (Phi) is 7.47. The highest BCUT2D eigenvalue weighted by atomic mass is 19.1. The van der Waals surface area contributed by atoms with Crippen LogP contribution in [-0.4, -0.2) is 53.4 Å². The maximum atomic E-state index is 12.9. The predicted octanol–water partition coefficient (Wildman–Crippen LogP) is 2.00. The van der Waals surface area contributed by atoms with E-state index in [1.807, 2.05) is 38.2 Å². The zero-order chi connectivity index (χ0) is 18.9. The Labute approximate surface area is 153 Å². The maximum Gasteiger partial charge on any atom is 0.194 e. The van der Waals surface area contributed by atoms with E-state index in [0.29, 0.717) is 12.3 Å². The van der Waals surface area contributed by atoms with E-state index >= 15 is 0 Å². The molecule has 0 saturated carbocycles. The first-order chi connectivity index (χ1) is 12.5. The fourth-order valence-corrected chi connectivity index (χ4v) is 2.42. The number of nitrogens with one attached hydrogen (secondary N) is 1. The third-order valence-corrected chi connectivity index (χ3v) is 3.85. The zero-order valence-corrected chi connectivity index (χ0v) is 15.5. The van der Waals surface area contributed by atoms with Gasteiger partial charge in [-0.05, 0) is 43.3 Å². The number of ether oxygens (including phenoxy) is 1. The van der Waals surface area contributed by atoms with E-state index in [2.05, 4.69) is 20.9 Å². The molecule has 0 bridgehead atoms. The summed E-state index contributed by atoms with van der Waals surface area (Å²) in [5.74, 6) is 0.913. The van der Waals surface area contributed by atoms with Crippen LogP contribution >= 0.6 is 0 Å². The first kappa shape index (κ1) is 19.8. The lowest BCUT2D eigenvalue weighted by atomic mass is 10.3. The second kappa shape index (κ2) is 9.82. The Morgan fingerprint density at radius 3 is 2.69 bits per heavy atom. The van der Waals surface area contributed by atoms with Crippen LogP contribution in [0.15, 0.2) is 47.6 Å². The Balaban J connectivity index is 1.88. The number of aryl methyl sites for hydroxylation is 1. The number of rotatable bonds is 8. The maximum absolute atomic E-state index is 12.9. The molecule has 1 heterocycles. The normalized spacial score (nSPS) is 12.7. The molecule has 0 spiro atoms. The highest BCUT2D eigenvalue weighted by Crippen LogP contribution is 2.11. The average molecular weight is 362 g/mol. The van der Waals surface area contributed by atoms with Crippen molar-refractivity contribution in [2.45, 2.75) is 19.6 Å². The largest absolute Gasteiger partial charge is 0.491 e. The highest BCUT2D eigenvalue weighted by Gasteiger charge is 2.10. The Bertz CT molecular complexity index is 700. The summed E-state index contributed by atoms with van der Waals surface area (Å²) in [4.78, 5) is 6.49. The van der Waals surface area contributed by atoms with Gasteiger partial charge in [0, 0.05) is 32.5 Å². The molecule has 0 aliphatic heterocycles. The molecule has 0 aliphatic rings. The van der Waals surface area contributed by atoms with Crippen molar-refractivity contribution >= 4 is 5.96 Å². The van der Waals surface area contributed by atoms with E-state index in [1.165, 1.54) is 30.0 Å². The molecule has 0 amide bonds. The summed E-state index contributed by atoms with van der Waals surface area (Å²) in [6.45, 7) is 3.74. The molecule has 2 rings (SSSR count). The van der Waals surface area contributed by atoms with E-state index in [1.54, 1.807) is 0 Å². The van der Waals surface area contributed by atoms with Gasteiger partial charge in [0.15, 0.2) is 5.96 Å². The molecule has 0 fully saturated rings. The number of aliphatic hydroxyl groups is 1. The number of nitrogens with zero attached hydrogens (tertiary/aromatic N) is 3. The summed E-state index contributed by atoms with van der Waals surface area (Å²) < 4.78 is 20.4. The number of guanidine groups is 1. The van der Waals surface area contributed by atoms with Crippen molar-refractivity contribution in [3.63, 3.8) is 0 Å². The molecule has 0 radical (unpaired) electrons. The topological polar surface area (TPSA) is 62.0 Å². The van der Waals surface area contributed by atoms with Crippen LogP contribution in [0.4, 0.5) is 4.39 Å². The Hall–Kier alpha value is -2.54. The smallest absolute Gasteiger partial charge is 0.194 e. The summed E-state index contributed by atoms with van der Waals surface area (Å²) in [6, 6.07) is 9.77. The summed E-state index contributed by atoms with van der Waals surface area (Å²) in [5.41, 5.74) is 1.17. The summed E-state index contributed by atoms with van der Waals surface area (Å²) >= 11 is 0. The molecule has 1 aromatic heterocycles. The Morgan fingerprint density at radius 2 is 2.08 bits per heavy atom. The Morgan fingerprint density at radius 1 is 1.35 bits per heavy atom. The van der Waals surface area contributed by atoms with Crippen LogP contribution in [-0.2, 0) is 13.6 Å². The third-order valence-electron chi connectivity index (χ3n) is 3.85. The molecular formula is C19H27FN4O2.